The van der Waals surface area contributed by atoms with Crippen LogP contribution in [0.5, 0.6) is 0 Å². The lowest BCUT2D eigenvalue weighted by atomic mass is 10.3. The average Bonchev–Trinajstić information content (AvgIpc) is 1.84. The smallest absolute Gasteiger partial charge is 0.366 e. The molecule has 1 amide bonds. The maximum atomic E-state index is 9.82. The quantitative estimate of drug-likeness (QED) is 0.473. The Hall–Kier alpha value is -0.710. The topological polar surface area (TPSA) is 127 Å². The molecule has 0 aromatic rings. The fourth-order valence-corrected chi connectivity index (χ4v) is 0.538. The standard InChI is InChI=1S/C4H7NO.O5P2/c1-3(2)4(5)6;1-6(2)5-7(3)4/h1H2,2H3,(H2,5,6);/p+2. The van der Waals surface area contributed by atoms with Crippen molar-refractivity contribution < 1.29 is 28.0 Å². The molecule has 0 spiro atoms. The van der Waals surface area contributed by atoms with Crippen LogP contribution in [0.25, 0.3) is 0 Å². The Morgan fingerprint density at radius 1 is 1.38 bits per heavy atom. The van der Waals surface area contributed by atoms with E-state index in [9.17, 15) is 13.9 Å². The van der Waals surface area contributed by atoms with Crippen molar-refractivity contribution in [3.63, 3.8) is 0 Å². The largest absolute Gasteiger partial charge is 0.745 e. The van der Waals surface area contributed by atoms with Crippen LogP contribution in [-0.4, -0.2) is 15.7 Å². The molecule has 0 bridgehead atoms. The number of rotatable bonds is 3. The van der Waals surface area contributed by atoms with E-state index in [-0.39, 0.29) is 0 Å². The van der Waals surface area contributed by atoms with Gasteiger partial charge >= 0.3 is 16.5 Å². The molecule has 0 rings (SSSR count). The average molecular weight is 229 g/mol. The first-order valence-corrected chi connectivity index (χ1v) is 4.99. The number of hydrogen-bond donors (Lipinski definition) is 3. The second-order valence-corrected chi connectivity index (χ2v) is 3.31. The van der Waals surface area contributed by atoms with Crippen LogP contribution in [0.1, 0.15) is 6.92 Å². The molecule has 0 aromatic carbocycles. The van der Waals surface area contributed by atoms with Gasteiger partial charge in [-0.15, -0.1) is 9.79 Å². The van der Waals surface area contributed by atoms with Crippen molar-refractivity contribution in [2.75, 3.05) is 0 Å². The van der Waals surface area contributed by atoms with Crippen molar-refractivity contribution in [3.05, 3.63) is 12.2 Å². The first-order chi connectivity index (χ1) is 5.77. The Labute approximate surface area is 76.1 Å². The van der Waals surface area contributed by atoms with Crippen molar-refractivity contribution in [1.82, 2.24) is 0 Å². The van der Waals surface area contributed by atoms with Crippen molar-refractivity contribution in [2.24, 2.45) is 5.73 Å². The third-order valence-corrected chi connectivity index (χ3v) is 1.68. The van der Waals surface area contributed by atoms with Crippen molar-refractivity contribution in [3.8, 4) is 0 Å². The molecule has 9 heteroatoms. The van der Waals surface area contributed by atoms with Gasteiger partial charge in [0.05, 0.1) is 0 Å². The molecule has 0 aromatic heterocycles. The van der Waals surface area contributed by atoms with Crippen LogP contribution in [0.4, 0.5) is 0 Å². The van der Waals surface area contributed by atoms with E-state index in [0.717, 1.165) is 0 Å². The Balaban J connectivity index is 0. The van der Waals surface area contributed by atoms with Crippen LogP contribution in [-0.2, 0) is 18.2 Å². The predicted molar refractivity (Wildman–Crippen MR) is 44.7 cm³/mol. The van der Waals surface area contributed by atoms with Gasteiger partial charge in [0.15, 0.2) is 4.31 Å². The minimum absolute atomic E-state index is 0.398. The summed E-state index contributed by atoms with van der Waals surface area (Å²) in [6.45, 7) is 4.85. The summed E-state index contributed by atoms with van der Waals surface area (Å²) in [5.41, 5.74) is 5.09. The molecule has 0 aliphatic rings. The highest BCUT2D eigenvalue weighted by molar-refractivity contribution is 7.46. The van der Waals surface area contributed by atoms with Crippen LogP contribution < -0.4 is 5.73 Å². The molecule has 74 valence electrons. The molecule has 0 aliphatic heterocycles. The number of carbonyl (C=O) groups is 1. The van der Waals surface area contributed by atoms with Crippen LogP contribution in [0.15, 0.2) is 12.2 Å². The minimum Gasteiger partial charge on any atom is -0.366 e. The molecule has 0 saturated carbocycles. The second kappa shape index (κ2) is 7.91. The van der Waals surface area contributed by atoms with Gasteiger partial charge in [0, 0.05) is 14.7 Å². The minimum atomic E-state index is -2.92. The Kier molecular flexibility index (Phi) is 9.01. The molecular weight excluding hydrogens is 220 g/mol. The molecule has 0 radical (unpaired) electrons. The van der Waals surface area contributed by atoms with Crippen LogP contribution in [0.2, 0.25) is 0 Å². The van der Waals surface area contributed by atoms with E-state index < -0.39 is 22.4 Å². The van der Waals surface area contributed by atoms with Gasteiger partial charge in [-0.1, -0.05) is 6.58 Å². The normalized spacial score (nSPS) is 10.7. The summed E-state index contributed by atoms with van der Waals surface area (Å²) >= 11 is 0. The molecule has 0 saturated heterocycles. The van der Waals surface area contributed by atoms with Gasteiger partial charge in [-0.2, -0.15) is 0 Å². The fraction of sp³-hybridized carbons (Fsp3) is 0.250. The molecule has 0 heterocycles. The summed E-state index contributed by atoms with van der Waals surface area (Å²) in [7, 11) is -5.85. The zero-order valence-electron chi connectivity index (χ0n) is 6.71. The number of primary amides is 1. The van der Waals surface area contributed by atoms with Crippen LogP contribution >= 0.6 is 16.5 Å². The highest BCUT2D eigenvalue weighted by Crippen LogP contribution is 2.30. The van der Waals surface area contributed by atoms with E-state index in [2.05, 4.69) is 10.9 Å². The number of nitrogens with two attached hydrogens (primary N) is 1. The second-order valence-electron chi connectivity index (χ2n) is 1.70. The lowest BCUT2D eigenvalue weighted by Crippen LogP contribution is -2.10. The summed E-state index contributed by atoms with van der Waals surface area (Å²) in [5.74, 6) is -0.435. The zero-order valence-corrected chi connectivity index (χ0v) is 8.50. The Morgan fingerprint density at radius 2 is 1.62 bits per heavy atom. The molecule has 0 fully saturated rings. The van der Waals surface area contributed by atoms with Gasteiger partial charge in [-0.05, 0) is 6.92 Å². The van der Waals surface area contributed by atoms with Gasteiger partial charge in [0.25, 0.3) is 0 Å². The fourth-order valence-electron chi connectivity index (χ4n) is 0.0598. The monoisotopic (exact) mass is 229 g/mol. The molecule has 4 N–H and O–H groups in total. The van der Waals surface area contributed by atoms with E-state index in [0.29, 0.717) is 5.57 Å². The lowest BCUT2D eigenvalue weighted by Gasteiger charge is -1.81. The first kappa shape index (κ1) is 14.8. The maximum absolute atomic E-state index is 9.82. The third-order valence-electron chi connectivity index (χ3n) is 0.560. The Bertz CT molecular complexity index is 215. The number of carbonyl (C=O) groups excluding carboxylic acids is 1. The summed E-state index contributed by atoms with van der Waals surface area (Å²) in [6, 6.07) is 0. The summed E-state index contributed by atoms with van der Waals surface area (Å²) < 4.78 is 22.2. The van der Waals surface area contributed by atoms with E-state index in [1.807, 2.05) is 0 Å². The van der Waals surface area contributed by atoms with Gasteiger partial charge in [-0.3, -0.25) is 4.79 Å². The van der Waals surface area contributed by atoms with E-state index in [4.69, 9.17) is 15.5 Å². The van der Waals surface area contributed by atoms with E-state index >= 15 is 0 Å². The number of amides is 1. The molecule has 0 aliphatic carbocycles. The molecule has 13 heavy (non-hydrogen) atoms. The SMILES string of the molecule is C=C(C)C(N)=O.O=[P+](O)O[P+](=O)O. The molecule has 2 atom stereocenters. The molecular formula is C4H9NO6P2+2. The van der Waals surface area contributed by atoms with Crippen LogP contribution in [0, 0.1) is 0 Å². The van der Waals surface area contributed by atoms with Crippen molar-refractivity contribution in [1.29, 1.82) is 0 Å². The van der Waals surface area contributed by atoms with Crippen molar-refractivity contribution >= 4 is 22.4 Å². The zero-order chi connectivity index (χ0) is 11.0. The highest BCUT2D eigenvalue weighted by Gasteiger charge is 2.31. The number of hydrogen-bond acceptors (Lipinski definition) is 4. The van der Waals surface area contributed by atoms with Gasteiger partial charge < -0.3 is 5.73 Å². The summed E-state index contributed by atoms with van der Waals surface area (Å²) in [6.07, 6.45) is 0. The third kappa shape index (κ3) is 18.3. The highest BCUT2D eigenvalue weighted by atomic mass is 31.2. The molecule has 7 nitrogen and oxygen atoms in total. The van der Waals surface area contributed by atoms with Crippen LogP contribution in [0.3, 0.4) is 0 Å². The van der Waals surface area contributed by atoms with Gasteiger partial charge in [0.1, 0.15) is 0 Å². The molecule has 2 unspecified atom stereocenters. The van der Waals surface area contributed by atoms with Crippen molar-refractivity contribution in [2.45, 2.75) is 6.92 Å². The summed E-state index contributed by atoms with van der Waals surface area (Å²) in [4.78, 5) is 25.2. The van der Waals surface area contributed by atoms with Gasteiger partial charge in [0.2, 0.25) is 5.91 Å². The van der Waals surface area contributed by atoms with E-state index in [1.54, 1.807) is 6.92 Å². The van der Waals surface area contributed by atoms with Gasteiger partial charge in [-0.25, -0.2) is 0 Å². The van der Waals surface area contributed by atoms with E-state index in [1.165, 1.54) is 0 Å². The Morgan fingerprint density at radius 3 is 1.62 bits per heavy atom. The predicted octanol–water partition coefficient (Wildman–Crippen LogP) is 0.350. The maximum Gasteiger partial charge on any atom is 0.745 e. The lowest BCUT2D eigenvalue weighted by molar-refractivity contribution is -0.114. The summed E-state index contributed by atoms with van der Waals surface area (Å²) in [5, 5.41) is 0. The first-order valence-electron chi connectivity index (χ1n) is 2.73.